The number of nitrogens with zero attached hydrogens (tertiary/aromatic N) is 3. The number of hydrogen-bond acceptors (Lipinski definition) is 5. The minimum Gasteiger partial charge on any atom is -0.494 e. The molecular formula is C20H23N3O2S. The zero-order chi connectivity index (χ0) is 18.2. The van der Waals surface area contributed by atoms with Crippen molar-refractivity contribution in [1.29, 1.82) is 5.26 Å². The lowest BCUT2D eigenvalue weighted by molar-refractivity contribution is -0.133. The number of carbonyl (C=O) groups is 1. The molecule has 0 saturated carbocycles. The van der Waals surface area contributed by atoms with Crippen molar-refractivity contribution in [1.82, 2.24) is 9.80 Å². The Labute approximate surface area is 158 Å². The Balaban J connectivity index is 1.39. The summed E-state index contributed by atoms with van der Waals surface area (Å²) in [5.41, 5.74) is 0. The molecule has 0 spiro atoms. The first-order valence-electron chi connectivity index (χ1n) is 8.90. The fourth-order valence-corrected chi connectivity index (χ4v) is 3.89. The molecular weight excluding hydrogens is 346 g/mol. The van der Waals surface area contributed by atoms with Crippen LogP contribution in [0.2, 0.25) is 0 Å². The molecule has 1 unspecified atom stereocenters. The molecule has 1 saturated heterocycles. The maximum absolute atomic E-state index is 12.4. The Morgan fingerprint density at radius 3 is 2.58 bits per heavy atom. The van der Waals surface area contributed by atoms with E-state index in [9.17, 15) is 10.1 Å². The highest BCUT2D eigenvalue weighted by Gasteiger charge is 2.27. The molecule has 0 radical (unpaired) electrons. The molecule has 2 heterocycles. The van der Waals surface area contributed by atoms with Crippen LogP contribution in [0.25, 0.3) is 0 Å². The second-order valence-corrected chi connectivity index (χ2v) is 7.21. The highest BCUT2D eigenvalue weighted by atomic mass is 32.1. The normalized spacial score (nSPS) is 16.0. The molecule has 1 amide bonds. The molecule has 1 aromatic heterocycles. The lowest BCUT2D eigenvalue weighted by Gasteiger charge is -2.36. The van der Waals surface area contributed by atoms with E-state index >= 15 is 0 Å². The van der Waals surface area contributed by atoms with E-state index in [2.05, 4.69) is 11.0 Å². The van der Waals surface area contributed by atoms with Crippen LogP contribution in [0.3, 0.4) is 0 Å². The third-order valence-corrected chi connectivity index (χ3v) is 5.44. The van der Waals surface area contributed by atoms with Crippen LogP contribution in [-0.4, -0.2) is 48.5 Å². The topological polar surface area (TPSA) is 56.6 Å². The van der Waals surface area contributed by atoms with Crippen LogP contribution < -0.4 is 4.74 Å². The first-order chi connectivity index (χ1) is 12.8. The smallest absolute Gasteiger partial charge is 0.222 e. The average molecular weight is 369 g/mol. The van der Waals surface area contributed by atoms with E-state index in [0.29, 0.717) is 32.5 Å². The highest BCUT2D eigenvalue weighted by Crippen LogP contribution is 2.25. The Morgan fingerprint density at radius 2 is 1.92 bits per heavy atom. The fourth-order valence-electron chi connectivity index (χ4n) is 3.09. The number of thiophene rings is 1. The summed E-state index contributed by atoms with van der Waals surface area (Å²) < 4.78 is 5.63. The number of nitriles is 1. The number of rotatable bonds is 7. The summed E-state index contributed by atoms with van der Waals surface area (Å²) in [6.45, 7) is 3.39. The van der Waals surface area contributed by atoms with E-state index in [1.54, 1.807) is 11.3 Å². The monoisotopic (exact) mass is 369 g/mol. The fraction of sp³-hybridized carbons (Fsp3) is 0.400. The molecule has 0 aliphatic carbocycles. The third kappa shape index (κ3) is 4.84. The molecule has 1 fully saturated rings. The molecule has 1 aliphatic rings. The minimum atomic E-state index is -0.202. The van der Waals surface area contributed by atoms with Gasteiger partial charge < -0.3 is 9.64 Å². The van der Waals surface area contributed by atoms with Gasteiger partial charge in [-0.25, -0.2) is 0 Å². The predicted molar refractivity (Wildman–Crippen MR) is 102 cm³/mol. The number of carbonyl (C=O) groups excluding carboxylic acids is 1. The Hall–Kier alpha value is -2.36. The van der Waals surface area contributed by atoms with Gasteiger partial charge >= 0.3 is 0 Å². The minimum absolute atomic E-state index is 0.172. The van der Waals surface area contributed by atoms with Crippen LogP contribution in [0, 0.1) is 11.3 Å². The number of ether oxygens (including phenoxy) is 1. The van der Waals surface area contributed by atoms with Crippen LogP contribution in [-0.2, 0) is 4.79 Å². The van der Waals surface area contributed by atoms with E-state index in [1.807, 2.05) is 52.7 Å². The Kier molecular flexibility index (Phi) is 6.64. The van der Waals surface area contributed by atoms with Gasteiger partial charge in [-0.15, -0.1) is 11.3 Å². The van der Waals surface area contributed by atoms with Crippen molar-refractivity contribution in [2.75, 3.05) is 32.8 Å². The quantitative estimate of drug-likeness (QED) is 0.703. The van der Waals surface area contributed by atoms with Crippen molar-refractivity contribution in [3.05, 3.63) is 52.7 Å². The predicted octanol–water partition coefficient (Wildman–Crippen LogP) is 3.32. The maximum Gasteiger partial charge on any atom is 0.222 e. The number of para-hydroxylation sites is 1. The van der Waals surface area contributed by atoms with Gasteiger partial charge in [-0.05, 0) is 30.0 Å². The molecule has 5 nitrogen and oxygen atoms in total. The molecule has 26 heavy (non-hydrogen) atoms. The standard InChI is InChI=1S/C20H23N3O2S/c21-16-18(19-8-5-15-26-19)22-10-12-23(13-11-22)20(24)9-4-14-25-17-6-2-1-3-7-17/h1-3,5-8,15,18H,4,9-14H2. The Bertz CT molecular complexity index is 719. The van der Waals surface area contributed by atoms with Gasteiger partial charge in [-0.3, -0.25) is 9.69 Å². The van der Waals surface area contributed by atoms with Gasteiger partial charge in [0.15, 0.2) is 0 Å². The zero-order valence-corrected chi connectivity index (χ0v) is 15.5. The van der Waals surface area contributed by atoms with Crippen molar-refractivity contribution in [2.45, 2.75) is 18.9 Å². The number of hydrogen-bond donors (Lipinski definition) is 0. The first kappa shape index (κ1) is 18.4. The summed E-state index contributed by atoms with van der Waals surface area (Å²) in [5.74, 6) is 1.01. The lowest BCUT2D eigenvalue weighted by atomic mass is 10.2. The molecule has 136 valence electrons. The lowest BCUT2D eigenvalue weighted by Crippen LogP contribution is -2.49. The second-order valence-electron chi connectivity index (χ2n) is 6.23. The van der Waals surface area contributed by atoms with E-state index in [4.69, 9.17) is 4.74 Å². The average Bonchev–Trinajstić information content (AvgIpc) is 3.21. The van der Waals surface area contributed by atoms with E-state index in [0.717, 1.165) is 23.7 Å². The third-order valence-electron chi connectivity index (χ3n) is 4.51. The van der Waals surface area contributed by atoms with Gasteiger partial charge in [-0.2, -0.15) is 5.26 Å². The zero-order valence-electron chi connectivity index (χ0n) is 14.7. The summed E-state index contributed by atoms with van der Waals surface area (Å²) in [6.07, 6.45) is 1.21. The van der Waals surface area contributed by atoms with E-state index < -0.39 is 0 Å². The van der Waals surface area contributed by atoms with Crippen LogP contribution in [0.1, 0.15) is 23.8 Å². The van der Waals surface area contributed by atoms with Gasteiger partial charge in [0, 0.05) is 37.5 Å². The van der Waals surface area contributed by atoms with E-state index in [-0.39, 0.29) is 11.9 Å². The maximum atomic E-state index is 12.4. The molecule has 1 aromatic carbocycles. The van der Waals surface area contributed by atoms with Gasteiger partial charge in [-0.1, -0.05) is 24.3 Å². The highest BCUT2D eigenvalue weighted by molar-refractivity contribution is 7.10. The SMILES string of the molecule is N#CC(c1cccs1)N1CCN(C(=O)CCCOc2ccccc2)CC1. The molecule has 0 N–H and O–H groups in total. The van der Waals surface area contributed by atoms with Gasteiger partial charge in [0.25, 0.3) is 0 Å². The number of amides is 1. The molecule has 6 heteroatoms. The summed E-state index contributed by atoms with van der Waals surface area (Å²) in [7, 11) is 0. The molecule has 0 bridgehead atoms. The first-order valence-corrected chi connectivity index (χ1v) is 9.78. The van der Waals surface area contributed by atoms with E-state index in [1.165, 1.54) is 0 Å². The summed E-state index contributed by atoms with van der Waals surface area (Å²) in [6, 6.07) is 15.8. The largest absolute Gasteiger partial charge is 0.494 e. The second kappa shape index (κ2) is 9.37. The van der Waals surface area contributed by atoms with Crippen LogP contribution in [0.5, 0.6) is 5.75 Å². The van der Waals surface area contributed by atoms with Crippen LogP contribution in [0.4, 0.5) is 0 Å². The number of benzene rings is 1. The van der Waals surface area contributed by atoms with Crippen molar-refractivity contribution in [2.24, 2.45) is 0 Å². The summed E-state index contributed by atoms with van der Waals surface area (Å²) in [4.78, 5) is 17.5. The van der Waals surface area contributed by atoms with Gasteiger partial charge in [0.2, 0.25) is 5.91 Å². The van der Waals surface area contributed by atoms with Crippen molar-refractivity contribution in [3.63, 3.8) is 0 Å². The molecule has 2 aromatic rings. The van der Waals surface area contributed by atoms with Crippen molar-refractivity contribution >= 4 is 17.2 Å². The summed E-state index contributed by atoms with van der Waals surface area (Å²) >= 11 is 1.61. The van der Waals surface area contributed by atoms with Crippen LogP contribution in [0.15, 0.2) is 47.8 Å². The van der Waals surface area contributed by atoms with Crippen molar-refractivity contribution < 1.29 is 9.53 Å². The molecule has 1 aliphatic heterocycles. The molecule has 1 atom stereocenters. The summed E-state index contributed by atoms with van der Waals surface area (Å²) in [5, 5.41) is 11.5. The van der Waals surface area contributed by atoms with Crippen LogP contribution >= 0.6 is 11.3 Å². The van der Waals surface area contributed by atoms with Gasteiger partial charge in [0.05, 0.1) is 12.7 Å². The number of piperazine rings is 1. The van der Waals surface area contributed by atoms with Gasteiger partial charge in [0.1, 0.15) is 11.8 Å². The van der Waals surface area contributed by atoms with Crippen molar-refractivity contribution in [3.8, 4) is 11.8 Å². The Morgan fingerprint density at radius 1 is 1.15 bits per heavy atom. The molecule has 3 rings (SSSR count).